The van der Waals surface area contributed by atoms with Gasteiger partial charge in [-0.1, -0.05) is 0 Å². The zero-order chi connectivity index (χ0) is 23.8. The minimum absolute atomic E-state index is 0.0911. The summed E-state index contributed by atoms with van der Waals surface area (Å²) in [7, 11) is 1.56. The van der Waals surface area contributed by atoms with Crippen LogP contribution in [0.3, 0.4) is 0 Å². The van der Waals surface area contributed by atoms with Crippen molar-refractivity contribution >= 4 is 51.1 Å². The molecule has 0 aliphatic rings. The Hall–Kier alpha value is -4.00. The minimum atomic E-state index is -0.378. The summed E-state index contributed by atoms with van der Waals surface area (Å²) in [5, 5.41) is 10.3. The molecule has 0 spiro atoms. The van der Waals surface area contributed by atoms with Crippen molar-refractivity contribution in [2.45, 2.75) is 0 Å². The summed E-state index contributed by atoms with van der Waals surface area (Å²) in [4.78, 5) is 35.3. The maximum atomic E-state index is 12.0. The van der Waals surface area contributed by atoms with Crippen molar-refractivity contribution in [2.24, 2.45) is 0 Å². The van der Waals surface area contributed by atoms with Gasteiger partial charge in [-0.3, -0.25) is 15.4 Å². The zero-order valence-corrected chi connectivity index (χ0v) is 19.0. The molecular formula is C22H22N6O5S. The van der Waals surface area contributed by atoms with Crippen molar-refractivity contribution in [1.29, 1.82) is 0 Å². The number of hydrogen-bond acceptors (Lipinski definition) is 8. The molecule has 2 aromatic heterocycles. The maximum absolute atomic E-state index is 12.0. The number of carbonyl (C=O) groups excluding carboxylic acids is 2. The van der Waals surface area contributed by atoms with Gasteiger partial charge in [0.15, 0.2) is 5.13 Å². The number of ether oxygens (including phenoxy) is 3. The molecule has 0 aliphatic heterocycles. The maximum Gasteiger partial charge on any atom is 0.325 e. The molecule has 0 radical (unpaired) electrons. The van der Waals surface area contributed by atoms with Gasteiger partial charge in [0, 0.05) is 30.4 Å². The minimum Gasteiger partial charge on any atom is -0.457 e. The number of methoxy groups -OCH3 is 1. The summed E-state index contributed by atoms with van der Waals surface area (Å²) in [6, 6.07) is 11.9. The number of urea groups is 1. The predicted octanol–water partition coefficient (Wildman–Crippen LogP) is 4.06. The summed E-state index contributed by atoms with van der Waals surface area (Å²) < 4.78 is 15.9. The topological polar surface area (TPSA) is 139 Å². The van der Waals surface area contributed by atoms with E-state index >= 15 is 0 Å². The number of imidazole rings is 1. The van der Waals surface area contributed by atoms with E-state index in [1.807, 2.05) is 0 Å². The Morgan fingerprint density at radius 1 is 1.03 bits per heavy atom. The van der Waals surface area contributed by atoms with Gasteiger partial charge >= 0.3 is 6.03 Å². The van der Waals surface area contributed by atoms with E-state index in [9.17, 15) is 9.59 Å². The van der Waals surface area contributed by atoms with Gasteiger partial charge in [0.2, 0.25) is 5.95 Å². The van der Waals surface area contributed by atoms with Gasteiger partial charge in [-0.05, 0) is 36.4 Å². The van der Waals surface area contributed by atoms with E-state index < -0.39 is 0 Å². The van der Waals surface area contributed by atoms with Crippen LogP contribution in [-0.4, -0.2) is 53.8 Å². The van der Waals surface area contributed by atoms with Gasteiger partial charge in [-0.25, -0.2) is 14.8 Å². The third-order valence-corrected chi connectivity index (χ3v) is 5.07. The number of hydrogen-bond donors (Lipinski definition) is 4. The molecule has 0 saturated carbocycles. The number of aromatic nitrogens is 3. The molecule has 0 unspecified atom stereocenters. The Kier molecular flexibility index (Phi) is 7.65. The number of thiazole rings is 1. The van der Waals surface area contributed by atoms with Crippen molar-refractivity contribution in [2.75, 3.05) is 42.9 Å². The first-order valence-electron chi connectivity index (χ1n) is 10.2. The average molecular weight is 483 g/mol. The summed E-state index contributed by atoms with van der Waals surface area (Å²) in [6.07, 6.45) is 1.62. The van der Waals surface area contributed by atoms with E-state index in [-0.39, 0.29) is 18.5 Å². The van der Waals surface area contributed by atoms with Gasteiger partial charge in [0.1, 0.15) is 18.1 Å². The van der Waals surface area contributed by atoms with Gasteiger partial charge in [-0.2, -0.15) is 0 Å². The lowest BCUT2D eigenvalue weighted by Crippen LogP contribution is -2.20. The number of anilines is 3. The Morgan fingerprint density at radius 2 is 1.85 bits per heavy atom. The Bertz CT molecular complexity index is 1240. The van der Waals surface area contributed by atoms with Crippen molar-refractivity contribution in [3.63, 3.8) is 0 Å². The first kappa shape index (κ1) is 23.2. The summed E-state index contributed by atoms with van der Waals surface area (Å²) in [6.45, 7) is 0.663. The molecule has 0 fully saturated rings. The molecule has 0 aliphatic carbocycles. The molecule has 4 aromatic rings. The quantitative estimate of drug-likeness (QED) is 0.250. The summed E-state index contributed by atoms with van der Waals surface area (Å²) >= 11 is 1.33. The van der Waals surface area contributed by atoms with Gasteiger partial charge < -0.3 is 24.5 Å². The fraction of sp³-hybridized carbons (Fsp3) is 0.182. The van der Waals surface area contributed by atoms with Crippen LogP contribution in [0.25, 0.3) is 11.0 Å². The first-order valence-corrected chi connectivity index (χ1v) is 11.1. The Labute approximate surface area is 198 Å². The number of nitrogens with zero attached hydrogens (tertiary/aromatic N) is 2. The van der Waals surface area contributed by atoms with Crippen LogP contribution >= 0.6 is 11.3 Å². The molecule has 3 amide bonds. The second kappa shape index (κ2) is 11.2. The van der Waals surface area contributed by atoms with E-state index in [1.165, 1.54) is 11.3 Å². The third kappa shape index (κ3) is 6.51. The highest BCUT2D eigenvalue weighted by Gasteiger charge is 2.09. The normalized spacial score (nSPS) is 10.7. The van der Waals surface area contributed by atoms with Crippen LogP contribution in [0.4, 0.5) is 21.6 Å². The molecule has 176 valence electrons. The lowest BCUT2D eigenvalue weighted by molar-refractivity contribution is -0.121. The van der Waals surface area contributed by atoms with E-state index in [4.69, 9.17) is 14.2 Å². The largest absolute Gasteiger partial charge is 0.457 e. The van der Waals surface area contributed by atoms with Crippen LogP contribution in [0, 0.1) is 0 Å². The molecule has 0 saturated heterocycles. The van der Waals surface area contributed by atoms with Crippen LogP contribution in [0.15, 0.2) is 54.0 Å². The predicted molar refractivity (Wildman–Crippen MR) is 129 cm³/mol. The van der Waals surface area contributed by atoms with Gasteiger partial charge in [0.05, 0.1) is 24.2 Å². The molecule has 11 nitrogen and oxygen atoms in total. The number of H-pyrrole nitrogens is 1. The third-order valence-electron chi connectivity index (χ3n) is 4.38. The highest BCUT2D eigenvalue weighted by molar-refractivity contribution is 7.13. The van der Waals surface area contributed by atoms with Crippen LogP contribution in [0.2, 0.25) is 0 Å². The highest BCUT2D eigenvalue weighted by Crippen LogP contribution is 2.26. The number of amides is 3. The molecule has 4 N–H and O–H groups in total. The molecule has 2 heterocycles. The smallest absolute Gasteiger partial charge is 0.325 e. The van der Waals surface area contributed by atoms with Crippen LogP contribution < -0.4 is 20.7 Å². The molecule has 2 aromatic carbocycles. The summed E-state index contributed by atoms with van der Waals surface area (Å²) in [5.41, 5.74) is 1.98. The monoisotopic (exact) mass is 482 g/mol. The number of benzene rings is 2. The molecule has 0 bridgehead atoms. The fourth-order valence-electron chi connectivity index (χ4n) is 2.87. The van der Waals surface area contributed by atoms with Crippen molar-refractivity contribution < 1.29 is 23.8 Å². The number of aromatic amines is 1. The van der Waals surface area contributed by atoms with E-state index in [0.29, 0.717) is 47.0 Å². The lowest BCUT2D eigenvalue weighted by atomic mass is 10.3. The van der Waals surface area contributed by atoms with Gasteiger partial charge in [0.25, 0.3) is 5.91 Å². The SMILES string of the molecule is COCCOCC(=O)Nc1nc2cc(Oc3ccc(NC(=O)Nc4nccs4)cc3)ccc2[nH]1. The van der Waals surface area contributed by atoms with Crippen molar-refractivity contribution in [3.8, 4) is 11.5 Å². The second-order valence-electron chi connectivity index (χ2n) is 6.90. The summed E-state index contributed by atoms with van der Waals surface area (Å²) in [5.74, 6) is 1.16. The van der Waals surface area contributed by atoms with Gasteiger partial charge in [-0.15, -0.1) is 11.3 Å². The highest BCUT2D eigenvalue weighted by atomic mass is 32.1. The number of nitrogens with one attached hydrogen (secondary N) is 4. The zero-order valence-electron chi connectivity index (χ0n) is 18.2. The molecular weight excluding hydrogens is 460 g/mol. The standard InChI is InChI=1S/C22H22N6O5S/c1-31-9-10-32-13-19(29)27-20-25-17-7-6-16(12-18(17)26-20)33-15-4-2-14(3-5-15)24-21(30)28-22-23-8-11-34-22/h2-8,11-12H,9-10,13H2,1H3,(H2,23,24,28,30)(H2,25,26,27,29). The first-order chi connectivity index (χ1) is 16.6. The van der Waals surface area contributed by atoms with E-state index in [1.54, 1.807) is 61.2 Å². The molecule has 0 atom stereocenters. The Balaban J connectivity index is 1.32. The fourth-order valence-corrected chi connectivity index (χ4v) is 3.39. The molecule has 34 heavy (non-hydrogen) atoms. The Morgan fingerprint density at radius 3 is 2.62 bits per heavy atom. The average Bonchev–Trinajstić information content (AvgIpc) is 3.47. The van der Waals surface area contributed by atoms with Crippen molar-refractivity contribution in [1.82, 2.24) is 15.0 Å². The second-order valence-corrected chi connectivity index (χ2v) is 7.80. The number of fused-ring (bicyclic) bond motifs is 1. The van der Waals surface area contributed by atoms with Crippen LogP contribution in [-0.2, 0) is 14.3 Å². The van der Waals surface area contributed by atoms with Crippen LogP contribution in [0.5, 0.6) is 11.5 Å². The number of rotatable bonds is 10. The molecule has 12 heteroatoms. The van der Waals surface area contributed by atoms with Crippen molar-refractivity contribution in [3.05, 3.63) is 54.0 Å². The van der Waals surface area contributed by atoms with E-state index in [0.717, 1.165) is 5.52 Å². The van der Waals surface area contributed by atoms with E-state index in [2.05, 4.69) is 30.9 Å². The lowest BCUT2D eigenvalue weighted by Gasteiger charge is -2.08. The van der Waals surface area contributed by atoms with Crippen LogP contribution in [0.1, 0.15) is 0 Å². The number of carbonyl (C=O) groups is 2. The molecule has 4 rings (SSSR count).